The molecule has 2 aromatic rings. The number of carbonyl (C=O) groups excluding carboxylic acids is 1. The van der Waals surface area contributed by atoms with Crippen molar-refractivity contribution in [3.8, 4) is 0 Å². The fraction of sp³-hybridized carbons (Fsp3) is 0.286. The summed E-state index contributed by atoms with van der Waals surface area (Å²) >= 11 is 1.67. The fourth-order valence-corrected chi connectivity index (χ4v) is 2.96. The third-order valence-corrected chi connectivity index (χ3v) is 4.23. The molecule has 0 spiro atoms. The van der Waals surface area contributed by atoms with Gasteiger partial charge < -0.3 is 10.3 Å². The Labute approximate surface area is 114 Å². The summed E-state index contributed by atoms with van der Waals surface area (Å²) in [6, 6.07) is 7.07. The van der Waals surface area contributed by atoms with Gasteiger partial charge >= 0.3 is 0 Å². The average molecular weight is 274 g/mol. The third kappa shape index (κ3) is 2.76. The first-order chi connectivity index (χ1) is 9.24. The second kappa shape index (κ2) is 5.01. The van der Waals surface area contributed by atoms with Crippen LogP contribution in [0.15, 0.2) is 40.6 Å². The largest absolute Gasteiger partial charge is 0.344 e. The Balaban J connectivity index is 1.77. The van der Waals surface area contributed by atoms with E-state index >= 15 is 0 Å². The summed E-state index contributed by atoms with van der Waals surface area (Å²) in [5.74, 6) is 0.409. The Morgan fingerprint density at radius 1 is 1.37 bits per heavy atom. The first kappa shape index (κ1) is 12.2. The summed E-state index contributed by atoms with van der Waals surface area (Å²) in [5.41, 5.74) is 0.287. The highest BCUT2D eigenvalue weighted by Crippen LogP contribution is 2.42. The van der Waals surface area contributed by atoms with E-state index in [1.54, 1.807) is 17.4 Å². The SMILES string of the molecule is O=C(N[C@H](c1cccs1)C1CC1)c1ccc(=O)[nH]c1. The molecule has 0 radical (unpaired) electrons. The quantitative estimate of drug-likeness (QED) is 0.898. The minimum Gasteiger partial charge on any atom is -0.344 e. The zero-order valence-electron chi connectivity index (χ0n) is 10.3. The van der Waals surface area contributed by atoms with Crippen molar-refractivity contribution in [1.82, 2.24) is 10.3 Å². The van der Waals surface area contributed by atoms with Gasteiger partial charge in [0.15, 0.2) is 0 Å². The van der Waals surface area contributed by atoms with Crippen LogP contribution in [0.3, 0.4) is 0 Å². The Morgan fingerprint density at radius 3 is 2.79 bits per heavy atom. The zero-order chi connectivity index (χ0) is 13.2. The van der Waals surface area contributed by atoms with E-state index in [9.17, 15) is 9.59 Å². The molecule has 1 saturated carbocycles. The smallest absolute Gasteiger partial charge is 0.253 e. The predicted molar refractivity (Wildman–Crippen MR) is 74.3 cm³/mol. The van der Waals surface area contributed by atoms with Gasteiger partial charge in [0.1, 0.15) is 0 Å². The number of hydrogen-bond acceptors (Lipinski definition) is 3. The lowest BCUT2D eigenvalue weighted by Crippen LogP contribution is -2.29. The highest BCUT2D eigenvalue weighted by molar-refractivity contribution is 7.10. The van der Waals surface area contributed by atoms with Crippen molar-refractivity contribution >= 4 is 17.2 Å². The van der Waals surface area contributed by atoms with Crippen LogP contribution < -0.4 is 10.9 Å². The van der Waals surface area contributed by atoms with Gasteiger partial charge in [0.25, 0.3) is 5.91 Å². The number of H-pyrrole nitrogens is 1. The van der Waals surface area contributed by atoms with E-state index < -0.39 is 0 Å². The van der Waals surface area contributed by atoms with Crippen LogP contribution in [-0.4, -0.2) is 10.9 Å². The van der Waals surface area contributed by atoms with Crippen LogP contribution >= 0.6 is 11.3 Å². The molecule has 0 saturated heterocycles. The molecule has 1 aliphatic rings. The molecular weight excluding hydrogens is 260 g/mol. The number of aromatic nitrogens is 1. The van der Waals surface area contributed by atoms with E-state index in [0.29, 0.717) is 11.5 Å². The lowest BCUT2D eigenvalue weighted by atomic mass is 10.1. The number of hydrogen-bond donors (Lipinski definition) is 2. The Bertz CT molecular complexity index is 609. The molecule has 0 aliphatic heterocycles. The fourth-order valence-electron chi connectivity index (χ4n) is 2.10. The number of thiophene rings is 1. The summed E-state index contributed by atoms with van der Waals surface area (Å²) in [6.45, 7) is 0. The van der Waals surface area contributed by atoms with Gasteiger partial charge in [0.05, 0.1) is 11.6 Å². The number of amides is 1. The molecule has 0 unspecified atom stereocenters. The van der Waals surface area contributed by atoms with Gasteiger partial charge in [-0.05, 0) is 36.3 Å². The van der Waals surface area contributed by atoms with Gasteiger partial charge in [-0.25, -0.2) is 0 Å². The van der Waals surface area contributed by atoms with E-state index in [0.717, 1.165) is 12.8 Å². The van der Waals surface area contributed by atoms with Crippen LogP contribution in [0.25, 0.3) is 0 Å². The van der Waals surface area contributed by atoms with Gasteiger partial charge in [-0.2, -0.15) is 0 Å². The monoisotopic (exact) mass is 274 g/mol. The van der Waals surface area contributed by atoms with Gasteiger partial charge in [0.2, 0.25) is 5.56 Å². The van der Waals surface area contributed by atoms with Gasteiger partial charge in [0, 0.05) is 17.1 Å². The van der Waals surface area contributed by atoms with Crippen LogP contribution in [-0.2, 0) is 0 Å². The number of aromatic amines is 1. The van der Waals surface area contributed by atoms with Crippen molar-refractivity contribution in [2.45, 2.75) is 18.9 Å². The molecule has 0 bridgehead atoms. The van der Waals surface area contributed by atoms with Crippen LogP contribution in [0.2, 0.25) is 0 Å². The Kier molecular flexibility index (Phi) is 3.21. The normalized spacial score (nSPS) is 16.0. The number of pyridine rings is 1. The highest BCUT2D eigenvalue weighted by atomic mass is 32.1. The lowest BCUT2D eigenvalue weighted by Gasteiger charge is -2.16. The first-order valence-electron chi connectivity index (χ1n) is 6.27. The second-order valence-corrected chi connectivity index (χ2v) is 5.72. The summed E-state index contributed by atoms with van der Waals surface area (Å²) in [5, 5.41) is 5.09. The van der Waals surface area contributed by atoms with E-state index in [4.69, 9.17) is 0 Å². The van der Waals surface area contributed by atoms with Crippen molar-refractivity contribution < 1.29 is 4.79 Å². The number of carbonyl (C=O) groups is 1. The summed E-state index contributed by atoms with van der Waals surface area (Å²) in [6.07, 6.45) is 3.78. The van der Waals surface area contributed by atoms with Crippen LogP contribution in [0.5, 0.6) is 0 Å². The van der Waals surface area contributed by atoms with Crippen molar-refractivity contribution in [3.63, 3.8) is 0 Å². The van der Waals surface area contributed by atoms with Crippen molar-refractivity contribution in [2.75, 3.05) is 0 Å². The second-order valence-electron chi connectivity index (χ2n) is 4.75. The Hall–Kier alpha value is -1.88. The minimum absolute atomic E-state index is 0.0967. The van der Waals surface area contributed by atoms with Crippen LogP contribution in [0.1, 0.15) is 34.1 Å². The van der Waals surface area contributed by atoms with E-state index in [-0.39, 0.29) is 17.5 Å². The molecule has 5 heteroatoms. The third-order valence-electron chi connectivity index (χ3n) is 3.28. The lowest BCUT2D eigenvalue weighted by molar-refractivity contribution is 0.0932. The molecule has 19 heavy (non-hydrogen) atoms. The highest BCUT2D eigenvalue weighted by Gasteiger charge is 2.34. The van der Waals surface area contributed by atoms with Crippen LogP contribution in [0.4, 0.5) is 0 Å². The molecular formula is C14H14N2O2S. The first-order valence-corrected chi connectivity index (χ1v) is 7.15. The maximum Gasteiger partial charge on any atom is 0.253 e. The topological polar surface area (TPSA) is 62.0 Å². The Morgan fingerprint density at radius 2 is 2.21 bits per heavy atom. The number of nitrogens with one attached hydrogen (secondary N) is 2. The van der Waals surface area contributed by atoms with E-state index in [1.807, 2.05) is 11.4 Å². The molecule has 1 fully saturated rings. The van der Waals surface area contributed by atoms with Crippen molar-refractivity contribution in [1.29, 1.82) is 0 Å². The molecule has 0 aromatic carbocycles. The molecule has 2 aromatic heterocycles. The van der Waals surface area contributed by atoms with Gasteiger partial charge in [-0.15, -0.1) is 11.3 Å². The molecule has 1 aliphatic carbocycles. The standard InChI is InChI=1S/C14H14N2O2S/c17-12-6-5-10(8-15-12)14(18)16-13(9-3-4-9)11-2-1-7-19-11/h1-2,5-9,13H,3-4H2,(H,15,17)(H,16,18)/t13-/m0/s1. The molecule has 98 valence electrons. The maximum absolute atomic E-state index is 12.2. The molecule has 2 heterocycles. The van der Waals surface area contributed by atoms with Crippen LogP contribution in [0, 0.1) is 5.92 Å². The van der Waals surface area contributed by atoms with E-state index in [2.05, 4.69) is 16.4 Å². The van der Waals surface area contributed by atoms with Crippen molar-refractivity contribution in [2.24, 2.45) is 5.92 Å². The molecule has 1 atom stereocenters. The van der Waals surface area contributed by atoms with Gasteiger partial charge in [-0.3, -0.25) is 9.59 Å². The van der Waals surface area contributed by atoms with Crippen molar-refractivity contribution in [3.05, 3.63) is 56.6 Å². The summed E-state index contributed by atoms with van der Waals surface area (Å²) in [4.78, 5) is 26.9. The number of rotatable bonds is 4. The van der Waals surface area contributed by atoms with E-state index in [1.165, 1.54) is 17.1 Å². The summed E-state index contributed by atoms with van der Waals surface area (Å²) < 4.78 is 0. The molecule has 1 amide bonds. The average Bonchev–Trinajstić information content (AvgIpc) is 3.11. The summed E-state index contributed by atoms with van der Waals surface area (Å²) in [7, 11) is 0. The molecule has 2 N–H and O–H groups in total. The predicted octanol–water partition coefficient (Wildman–Crippen LogP) is 2.32. The zero-order valence-corrected chi connectivity index (χ0v) is 11.1. The maximum atomic E-state index is 12.2. The van der Waals surface area contributed by atoms with Gasteiger partial charge in [-0.1, -0.05) is 6.07 Å². The molecule has 3 rings (SSSR count). The molecule has 4 nitrogen and oxygen atoms in total. The minimum atomic E-state index is -0.200.